The van der Waals surface area contributed by atoms with Gasteiger partial charge in [0.1, 0.15) is 0 Å². The Morgan fingerprint density at radius 3 is 2.31 bits per heavy atom. The number of ether oxygens (including phenoxy) is 4. The van der Waals surface area contributed by atoms with Crippen LogP contribution in [0.3, 0.4) is 0 Å². The van der Waals surface area contributed by atoms with Crippen molar-refractivity contribution in [3.8, 4) is 28.4 Å². The number of carbonyl (C=O) groups is 1. The van der Waals surface area contributed by atoms with Gasteiger partial charge in [0.25, 0.3) is 0 Å². The quantitative estimate of drug-likeness (QED) is 0.698. The van der Waals surface area contributed by atoms with Crippen molar-refractivity contribution in [2.24, 2.45) is 0 Å². The monoisotopic (exact) mass is 482 g/mol. The van der Waals surface area contributed by atoms with E-state index in [2.05, 4.69) is 10.2 Å². The van der Waals surface area contributed by atoms with E-state index < -0.39 is 0 Å². The summed E-state index contributed by atoms with van der Waals surface area (Å²) < 4.78 is 22.9. The summed E-state index contributed by atoms with van der Waals surface area (Å²) in [5.74, 6) is 1.46. The minimum Gasteiger partial charge on any atom is -0.493 e. The maximum atomic E-state index is 13.6. The lowest BCUT2D eigenvalue weighted by atomic mass is 9.95. The van der Waals surface area contributed by atoms with Gasteiger partial charge in [-0.05, 0) is 61.6 Å². The van der Waals surface area contributed by atoms with Crippen molar-refractivity contribution >= 4 is 11.6 Å². The second-order valence-corrected chi connectivity index (χ2v) is 9.23. The number of morpholine rings is 1. The van der Waals surface area contributed by atoms with Crippen molar-refractivity contribution in [1.82, 2.24) is 5.32 Å². The Hall–Kier alpha value is -3.26. The van der Waals surface area contributed by atoms with Gasteiger partial charge in [-0.2, -0.15) is 0 Å². The Labute approximate surface area is 206 Å². The molecule has 1 N–H and O–H groups in total. The third-order valence-corrected chi connectivity index (χ3v) is 6.65. The van der Waals surface area contributed by atoms with E-state index in [0.29, 0.717) is 48.9 Å². The zero-order valence-corrected chi connectivity index (χ0v) is 21.3. The first-order valence-electron chi connectivity index (χ1n) is 11.9. The highest BCUT2D eigenvalue weighted by atomic mass is 16.5. The molecule has 1 amide bonds. The number of benzene rings is 1. The minimum absolute atomic E-state index is 0.0196. The van der Waals surface area contributed by atoms with Crippen LogP contribution >= 0.6 is 0 Å². The van der Waals surface area contributed by atoms with Gasteiger partial charge >= 0.3 is 0 Å². The number of anilines is 1. The zero-order valence-electron chi connectivity index (χ0n) is 21.3. The van der Waals surface area contributed by atoms with Gasteiger partial charge in [0.2, 0.25) is 17.1 Å². The fraction of sp³-hybridized carbons (Fsp3) is 0.481. The van der Waals surface area contributed by atoms with Crippen LogP contribution in [0.4, 0.5) is 5.69 Å². The van der Waals surface area contributed by atoms with Crippen LogP contribution in [-0.2, 0) is 16.0 Å². The average molecular weight is 483 g/mol. The van der Waals surface area contributed by atoms with Crippen LogP contribution in [-0.4, -0.2) is 52.5 Å². The molecule has 188 valence electrons. The minimum atomic E-state index is -0.327. The van der Waals surface area contributed by atoms with E-state index in [0.717, 1.165) is 22.3 Å². The fourth-order valence-corrected chi connectivity index (χ4v) is 5.34. The summed E-state index contributed by atoms with van der Waals surface area (Å²) in [5.41, 5.74) is 3.95. The molecule has 2 aromatic carbocycles. The number of amides is 1. The second-order valence-electron chi connectivity index (χ2n) is 9.23. The summed E-state index contributed by atoms with van der Waals surface area (Å²) in [4.78, 5) is 27.8. The molecular weight excluding hydrogens is 448 g/mol. The third kappa shape index (κ3) is 4.80. The Balaban J connectivity index is 1.99. The van der Waals surface area contributed by atoms with Crippen LogP contribution in [0.2, 0.25) is 0 Å². The molecule has 1 fully saturated rings. The molecule has 35 heavy (non-hydrogen) atoms. The Kier molecular flexibility index (Phi) is 7.21. The van der Waals surface area contributed by atoms with Crippen molar-refractivity contribution in [1.29, 1.82) is 0 Å². The first kappa shape index (κ1) is 24.9. The Morgan fingerprint density at radius 2 is 1.71 bits per heavy atom. The van der Waals surface area contributed by atoms with Crippen LogP contribution in [0.15, 0.2) is 29.1 Å². The molecule has 0 unspecified atom stereocenters. The van der Waals surface area contributed by atoms with Crippen molar-refractivity contribution in [3.05, 3.63) is 45.6 Å². The molecule has 1 heterocycles. The maximum absolute atomic E-state index is 13.6. The summed E-state index contributed by atoms with van der Waals surface area (Å²) in [6.45, 7) is 6.79. The molecule has 2 aromatic rings. The lowest BCUT2D eigenvalue weighted by molar-refractivity contribution is -0.119. The zero-order chi connectivity index (χ0) is 25.3. The highest BCUT2D eigenvalue weighted by Gasteiger charge is 2.30. The average Bonchev–Trinajstić information content (AvgIpc) is 3.05. The van der Waals surface area contributed by atoms with Gasteiger partial charge in [-0.3, -0.25) is 9.59 Å². The largest absolute Gasteiger partial charge is 0.493 e. The van der Waals surface area contributed by atoms with Gasteiger partial charge < -0.3 is 29.2 Å². The van der Waals surface area contributed by atoms with E-state index in [9.17, 15) is 9.59 Å². The third-order valence-electron chi connectivity index (χ3n) is 6.65. The van der Waals surface area contributed by atoms with Gasteiger partial charge in [-0.1, -0.05) is 6.07 Å². The summed E-state index contributed by atoms with van der Waals surface area (Å²) in [6.07, 6.45) is 1.33. The number of hydrogen-bond donors (Lipinski definition) is 1. The maximum Gasteiger partial charge on any atom is 0.217 e. The van der Waals surface area contributed by atoms with Gasteiger partial charge in [-0.25, -0.2) is 0 Å². The second kappa shape index (κ2) is 10.2. The summed E-state index contributed by atoms with van der Waals surface area (Å²) in [7, 11) is 4.76. The van der Waals surface area contributed by atoms with E-state index in [-0.39, 0.29) is 29.6 Å². The number of rotatable bonds is 5. The van der Waals surface area contributed by atoms with Gasteiger partial charge in [-0.15, -0.1) is 0 Å². The standard InChI is InChI=1S/C27H34N2O6/c1-15-13-29(14-16(2)35-15)22-10-8-19-20(12-23(22)31)21(28-17(3)30)9-7-18-11-24(32-4)26(33-5)27(34-6)25(18)19/h8,10-12,15-16,21H,7,9,13-14H2,1-6H3,(H,28,30)/t15-,16-,21+/m1/s1. The fourth-order valence-electron chi connectivity index (χ4n) is 5.34. The van der Waals surface area contributed by atoms with E-state index >= 15 is 0 Å². The van der Waals surface area contributed by atoms with E-state index in [1.807, 2.05) is 32.0 Å². The molecule has 0 aromatic heterocycles. The van der Waals surface area contributed by atoms with Crippen molar-refractivity contribution < 1.29 is 23.7 Å². The molecule has 4 rings (SSSR count). The first-order valence-corrected chi connectivity index (χ1v) is 11.9. The lowest BCUT2D eigenvalue weighted by Crippen LogP contribution is -2.46. The van der Waals surface area contributed by atoms with Crippen LogP contribution in [0.1, 0.15) is 44.4 Å². The number of nitrogens with one attached hydrogen (secondary N) is 1. The molecule has 1 saturated heterocycles. The molecule has 0 spiro atoms. The highest BCUT2D eigenvalue weighted by Crippen LogP contribution is 2.50. The van der Waals surface area contributed by atoms with Gasteiger partial charge in [0, 0.05) is 25.6 Å². The predicted octanol–water partition coefficient (Wildman–Crippen LogP) is 3.48. The van der Waals surface area contributed by atoms with Crippen molar-refractivity contribution in [3.63, 3.8) is 0 Å². The number of hydrogen-bond acceptors (Lipinski definition) is 7. The van der Waals surface area contributed by atoms with Crippen LogP contribution in [0, 0.1) is 0 Å². The number of fused-ring (bicyclic) bond motifs is 3. The normalized spacial score (nSPS) is 21.3. The van der Waals surface area contributed by atoms with Crippen molar-refractivity contribution in [2.75, 3.05) is 39.3 Å². The molecule has 1 aliphatic carbocycles. The highest BCUT2D eigenvalue weighted by molar-refractivity contribution is 5.83. The molecule has 1 aliphatic heterocycles. The molecule has 2 aliphatic rings. The molecule has 0 radical (unpaired) electrons. The molecule has 8 heteroatoms. The van der Waals surface area contributed by atoms with Crippen molar-refractivity contribution in [2.45, 2.75) is 51.9 Å². The molecule has 3 atom stereocenters. The van der Waals surface area contributed by atoms with Gasteiger partial charge in [0.05, 0.1) is 45.3 Å². The number of nitrogens with zero attached hydrogens (tertiary/aromatic N) is 1. The number of carbonyl (C=O) groups excluding carboxylic acids is 1. The van der Waals surface area contributed by atoms with E-state index in [4.69, 9.17) is 18.9 Å². The van der Waals surface area contributed by atoms with Gasteiger partial charge in [0.15, 0.2) is 11.5 Å². The number of methoxy groups -OCH3 is 3. The lowest BCUT2D eigenvalue weighted by Gasteiger charge is -2.36. The van der Waals surface area contributed by atoms with Crippen LogP contribution in [0.25, 0.3) is 11.1 Å². The topological polar surface area (TPSA) is 86.3 Å². The van der Waals surface area contributed by atoms with E-state index in [1.165, 1.54) is 6.92 Å². The summed E-state index contributed by atoms with van der Waals surface area (Å²) in [6, 6.07) is 7.13. The summed E-state index contributed by atoms with van der Waals surface area (Å²) >= 11 is 0. The van der Waals surface area contributed by atoms with E-state index in [1.54, 1.807) is 27.4 Å². The smallest absolute Gasteiger partial charge is 0.217 e. The molecule has 8 nitrogen and oxygen atoms in total. The Morgan fingerprint density at radius 1 is 1.03 bits per heavy atom. The molecular formula is C27H34N2O6. The SMILES string of the molecule is COc1cc2c(c(OC)c1OC)-c1ccc(N3C[C@@H](C)O[C@H](C)C3)c(=O)cc1[C@@H](NC(C)=O)CC2. The predicted molar refractivity (Wildman–Crippen MR) is 135 cm³/mol. The molecule has 0 bridgehead atoms. The van der Waals surface area contributed by atoms with Crippen LogP contribution < -0.4 is 29.9 Å². The van der Waals surface area contributed by atoms with Crippen LogP contribution in [0.5, 0.6) is 17.2 Å². The number of aryl methyl sites for hydroxylation is 1. The summed E-state index contributed by atoms with van der Waals surface area (Å²) in [5, 5.41) is 3.05. The Bertz CT molecular complexity index is 1170. The molecule has 0 saturated carbocycles. The first-order chi connectivity index (χ1) is 16.8.